The Morgan fingerprint density at radius 1 is 1.44 bits per heavy atom. The second-order valence-corrected chi connectivity index (χ2v) is 11.4. The number of alkyl halides is 2. The van der Waals surface area contributed by atoms with Crippen LogP contribution in [-0.4, -0.2) is 11.7 Å². The van der Waals surface area contributed by atoms with Crippen molar-refractivity contribution in [2.75, 3.05) is 0 Å². The lowest BCUT2D eigenvalue weighted by Crippen LogP contribution is -2.19. The molecule has 1 saturated carbocycles. The fourth-order valence-corrected chi connectivity index (χ4v) is 6.10. The number of rotatable bonds is 1. The summed E-state index contributed by atoms with van der Waals surface area (Å²) in [7, 11) is -1.55. The monoisotopic (exact) mass is 202 g/mol. The van der Waals surface area contributed by atoms with E-state index in [0.717, 1.165) is 6.42 Å². The van der Waals surface area contributed by atoms with Gasteiger partial charge in [0.15, 0.2) is 7.38 Å². The van der Waals surface area contributed by atoms with Gasteiger partial charge < -0.3 is 0 Å². The molecular formula is C5H9Cl3Si. The minimum atomic E-state index is -1.55. The summed E-state index contributed by atoms with van der Waals surface area (Å²) in [6.45, 7) is 4.15. The van der Waals surface area contributed by atoms with Crippen LogP contribution in [0, 0.1) is 0 Å². The van der Waals surface area contributed by atoms with Gasteiger partial charge in [0, 0.05) is 5.54 Å². The maximum atomic E-state index is 6.09. The van der Waals surface area contributed by atoms with Crippen LogP contribution in [0.2, 0.25) is 18.6 Å². The third-order valence-electron chi connectivity index (χ3n) is 1.65. The van der Waals surface area contributed by atoms with Crippen LogP contribution < -0.4 is 0 Å². The number of hydrogen-bond donors (Lipinski definition) is 0. The summed E-state index contributed by atoms with van der Waals surface area (Å²) < 4.78 is -0.475. The molecule has 9 heavy (non-hydrogen) atoms. The van der Waals surface area contributed by atoms with E-state index in [1.165, 1.54) is 0 Å². The van der Waals surface area contributed by atoms with Gasteiger partial charge in [-0.2, -0.15) is 11.1 Å². The summed E-state index contributed by atoms with van der Waals surface area (Å²) in [6.07, 6.45) is 0.888. The standard InChI is InChI=1S/C5H9Cl3Si/c1-9(2,8)4-3-5(4,6)7/h4H,3H2,1-2H3. The molecule has 1 unspecified atom stereocenters. The van der Waals surface area contributed by atoms with Crippen LogP contribution >= 0.6 is 34.3 Å². The summed E-state index contributed by atoms with van der Waals surface area (Å²) in [5, 5.41) is 0. The Balaban J connectivity index is 2.52. The van der Waals surface area contributed by atoms with Crippen molar-refractivity contribution in [1.29, 1.82) is 0 Å². The van der Waals surface area contributed by atoms with Gasteiger partial charge in [-0.1, -0.05) is 13.1 Å². The predicted molar refractivity (Wildman–Crippen MR) is 46.1 cm³/mol. The molecule has 1 aliphatic carbocycles. The molecule has 0 amide bonds. The lowest BCUT2D eigenvalue weighted by molar-refractivity contribution is 1.31. The average molecular weight is 204 g/mol. The third kappa shape index (κ3) is 1.76. The second-order valence-electron chi connectivity index (χ2n) is 3.08. The first-order valence-electron chi connectivity index (χ1n) is 2.91. The van der Waals surface area contributed by atoms with E-state index >= 15 is 0 Å². The van der Waals surface area contributed by atoms with Crippen molar-refractivity contribution >= 4 is 41.7 Å². The Morgan fingerprint density at radius 3 is 1.78 bits per heavy atom. The molecule has 1 rings (SSSR count). The Labute approximate surface area is 71.2 Å². The van der Waals surface area contributed by atoms with Crippen LogP contribution in [0.25, 0.3) is 0 Å². The quantitative estimate of drug-likeness (QED) is 0.348. The Morgan fingerprint density at radius 2 is 1.78 bits per heavy atom. The molecular weight excluding hydrogens is 194 g/mol. The molecule has 0 bridgehead atoms. The highest BCUT2D eigenvalue weighted by atomic mass is 35.6. The van der Waals surface area contributed by atoms with E-state index in [4.69, 9.17) is 34.3 Å². The molecule has 1 aliphatic rings. The van der Waals surface area contributed by atoms with Crippen molar-refractivity contribution < 1.29 is 0 Å². The molecule has 0 saturated heterocycles. The summed E-state index contributed by atoms with van der Waals surface area (Å²) in [5.74, 6) is 0. The molecule has 0 radical (unpaired) electrons. The molecule has 1 fully saturated rings. The van der Waals surface area contributed by atoms with Gasteiger partial charge in [-0.15, -0.1) is 23.2 Å². The van der Waals surface area contributed by atoms with Crippen molar-refractivity contribution in [1.82, 2.24) is 0 Å². The van der Waals surface area contributed by atoms with Crippen molar-refractivity contribution in [3.05, 3.63) is 0 Å². The first-order chi connectivity index (χ1) is 3.84. The fraction of sp³-hybridized carbons (Fsp3) is 1.00. The van der Waals surface area contributed by atoms with E-state index in [1.807, 2.05) is 0 Å². The van der Waals surface area contributed by atoms with E-state index in [-0.39, 0.29) is 0 Å². The molecule has 0 aromatic carbocycles. The van der Waals surface area contributed by atoms with Gasteiger partial charge in [0.1, 0.15) is 4.33 Å². The molecule has 54 valence electrons. The zero-order valence-corrected chi connectivity index (χ0v) is 8.69. The molecule has 0 N–H and O–H groups in total. The van der Waals surface area contributed by atoms with Crippen LogP contribution in [0.3, 0.4) is 0 Å². The predicted octanol–water partition coefficient (Wildman–Crippen LogP) is 3.38. The fourth-order valence-electron chi connectivity index (χ4n) is 0.958. The van der Waals surface area contributed by atoms with Crippen molar-refractivity contribution in [2.45, 2.75) is 29.4 Å². The Hall–Kier alpha value is 1.09. The van der Waals surface area contributed by atoms with Crippen LogP contribution in [0.4, 0.5) is 0 Å². The van der Waals surface area contributed by atoms with E-state index in [0.29, 0.717) is 5.54 Å². The molecule has 0 aromatic heterocycles. The summed E-state index contributed by atoms with van der Waals surface area (Å²) >= 11 is 17.7. The molecule has 0 nitrogen and oxygen atoms in total. The Kier molecular flexibility index (Phi) is 1.85. The molecule has 0 heterocycles. The first kappa shape index (κ1) is 8.19. The molecule has 0 aliphatic heterocycles. The summed E-state index contributed by atoms with van der Waals surface area (Å²) in [4.78, 5) is 0. The van der Waals surface area contributed by atoms with E-state index in [2.05, 4.69) is 13.1 Å². The third-order valence-corrected chi connectivity index (χ3v) is 6.00. The highest BCUT2D eigenvalue weighted by Gasteiger charge is 2.59. The average Bonchev–Trinajstić information content (AvgIpc) is 2.10. The molecule has 1 atom stereocenters. The van der Waals surface area contributed by atoms with Gasteiger partial charge in [-0.25, -0.2) is 0 Å². The number of halogens is 3. The van der Waals surface area contributed by atoms with Gasteiger partial charge >= 0.3 is 0 Å². The zero-order chi connectivity index (χ0) is 7.28. The molecule has 4 heteroatoms. The van der Waals surface area contributed by atoms with Gasteiger partial charge in [0.25, 0.3) is 0 Å². The normalized spacial score (nSPS) is 32.3. The minimum absolute atomic E-state index is 0.398. The maximum Gasteiger partial charge on any atom is 0.156 e. The highest BCUT2D eigenvalue weighted by molar-refractivity contribution is 7.21. The van der Waals surface area contributed by atoms with Gasteiger partial charge in [-0.3, -0.25) is 0 Å². The second kappa shape index (κ2) is 2.04. The Bertz CT molecular complexity index is 127. The van der Waals surface area contributed by atoms with Crippen molar-refractivity contribution in [3.63, 3.8) is 0 Å². The first-order valence-corrected chi connectivity index (χ1v) is 7.75. The smallest absolute Gasteiger partial charge is 0.156 e. The summed E-state index contributed by atoms with van der Waals surface area (Å²) in [6, 6.07) is 0. The lowest BCUT2D eigenvalue weighted by Gasteiger charge is -2.11. The van der Waals surface area contributed by atoms with Gasteiger partial charge in [0.05, 0.1) is 0 Å². The van der Waals surface area contributed by atoms with Crippen molar-refractivity contribution in [2.24, 2.45) is 0 Å². The summed E-state index contributed by atoms with van der Waals surface area (Å²) in [5.41, 5.74) is 0.398. The zero-order valence-electron chi connectivity index (χ0n) is 5.42. The molecule has 0 aromatic rings. The largest absolute Gasteiger partial charge is 0.167 e. The van der Waals surface area contributed by atoms with E-state index in [9.17, 15) is 0 Å². The topological polar surface area (TPSA) is 0 Å². The van der Waals surface area contributed by atoms with Crippen LogP contribution in [0.1, 0.15) is 6.42 Å². The van der Waals surface area contributed by atoms with Crippen LogP contribution in [0.15, 0.2) is 0 Å². The maximum absolute atomic E-state index is 6.09. The lowest BCUT2D eigenvalue weighted by atomic mass is 10.9. The SMILES string of the molecule is C[Si](C)(Cl)C1CC1(Cl)Cl. The van der Waals surface area contributed by atoms with Crippen molar-refractivity contribution in [3.8, 4) is 0 Å². The van der Waals surface area contributed by atoms with Gasteiger partial charge in [-0.05, 0) is 6.42 Å². The minimum Gasteiger partial charge on any atom is -0.167 e. The van der Waals surface area contributed by atoms with E-state index in [1.54, 1.807) is 0 Å². The van der Waals surface area contributed by atoms with E-state index < -0.39 is 11.7 Å². The highest BCUT2D eigenvalue weighted by Crippen LogP contribution is 2.63. The molecule has 0 spiro atoms. The number of hydrogen-bond acceptors (Lipinski definition) is 0. The van der Waals surface area contributed by atoms with Crippen LogP contribution in [0.5, 0.6) is 0 Å². The van der Waals surface area contributed by atoms with Crippen LogP contribution in [-0.2, 0) is 0 Å². The van der Waals surface area contributed by atoms with Gasteiger partial charge in [0.2, 0.25) is 0 Å².